The first kappa shape index (κ1) is 14.7. The van der Waals surface area contributed by atoms with Gasteiger partial charge in [-0.15, -0.1) is 0 Å². The molecule has 1 saturated carbocycles. The highest BCUT2D eigenvalue weighted by Crippen LogP contribution is 2.46. The van der Waals surface area contributed by atoms with Gasteiger partial charge < -0.3 is 4.74 Å². The molecule has 2 aromatic heterocycles. The molecule has 1 aliphatic carbocycles. The summed E-state index contributed by atoms with van der Waals surface area (Å²) in [7, 11) is 0. The van der Waals surface area contributed by atoms with E-state index >= 15 is 0 Å². The molecule has 0 saturated heterocycles. The van der Waals surface area contributed by atoms with Gasteiger partial charge in [-0.25, -0.2) is 14.8 Å². The first-order valence-electron chi connectivity index (χ1n) is 6.87. The van der Waals surface area contributed by atoms with Gasteiger partial charge in [-0.05, 0) is 33.6 Å². The summed E-state index contributed by atoms with van der Waals surface area (Å²) in [4.78, 5) is 25.2. The van der Waals surface area contributed by atoms with Gasteiger partial charge in [0.15, 0.2) is 15.6 Å². The average Bonchev–Trinajstić information content (AvgIpc) is 3.11. The number of hydrogen-bond acceptors (Lipinski definition) is 7. The van der Waals surface area contributed by atoms with E-state index in [1.54, 1.807) is 27.0 Å². The Kier molecular flexibility index (Phi) is 3.25. The lowest BCUT2D eigenvalue weighted by atomic mass is 10.1. The predicted molar refractivity (Wildman–Crippen MR) is 81.6 cm³/mol. The Morgan fingerprint density at radius 1 is 1.45 bits per heavy atom. The zero-order valence-electron chi connectivity index (χ0n) is 12.5. The Bertz CT molecular complexity index is 783. The molecule has 1 aliphatic rings. The zero-order valence-corrected chi connectivity index (χ0v) is 13.3. The lowest BCUT2D eigenvalue weighted by molar-refractivity contribution is 0.0636. The molecule has 1 N–H and O–H groups in total. The van der Waals surface area contributed by atoms with E-state index in [0.29, 0.717) is 21.3 Å². The summed E-state index contributed by atoms with van der Waals surface area (Å²) in [5, 5.41) is 12.2. The van der Waals surface area contributed by atoms with E-state index in [1.165, 1.54) is 11.3 Å². The number of nitrogens with one attached hydrogen (secondary N) is 1. The van der Waals surface area contributed by atoms with E-state index in [-0.39, 0.29) is 0 Å². The highest BCUT2D eigenvalue weighted by atomic mass is 32.1. The van der Waals surface area contributed by atoms with E-state index in [9.17, 15) is 10.1 Å². The van der Waals surface area contributed by atoms with Crippen LogP contribution in [0.2, 0.25) is 0 Å². The number of carbonyl (C=O) groups is 1. The average molecular weight is 317 g/mol. The number of fused-ring (bicyclic) bond motifs is 1. The maximum Gasteiger partial charge on any atom is 0.413 e. The van der Waals surface area contributed by atoms with E-state index in [2.05, 4.69) is 26.3 Å². The number of rotatable bonds is 2. The zero-order chi connectivity index (χ0) is 16.0. The minimum absolute atomic E-state index is 0.378. The highest BCUT2D eigenvalue weighted by Gasteiger charge is 2.46. The summed E-state index contributed by atoms with van der Waals surface area (Å²) >= 11 is 1.21. The molecule has 22 heavy (non-hydrogen) atoms. The normalized spacial score (nSPS) is 16.1. The molecule has 7 nitrogen and oxygen atoms in total. The van der Waals surface area contributed by atoms with Crippen LogP contribution in [0.25, 0.3) is 10.5 Å². The van der Waals surface area contributed by atoms with E-state index in [1.807, 2.05) is 0 Å². The molecule has 0 atom stereocenters. The van der Waals surface area contributed by atoms with Crippen LogP contribution in [0.3, 0.4) is 0 Å². The smallest absolute Gasteiger partial charge is 0.413 e. The van der Waals surface area contributed by atoms with Gasteiger partial charge in [0.25, 0.3) is 0 Å². The second kappa shape index (κ2) is 4.88. The lowest BCUT2D eigenvalue weighted by Gasteiger charge is -2.18. The predicted octanol–water partition coefficient (Wildman–Crippen LogP) is 2.99. The molecule has 0 radical (unpaired) electrons. The molecule has 0 aromatic carbocycles. The lowest BCUT2D eigenvalue weighted by Crippen LogP contribution is -2.27. The molecule has 1 amide bonds. The van der Waals surface area contributed by atoms with Crippen molar-refractivity contribution < 1.29 is 9.53 Å². The van der Waals surface area contributed by atoms with Gasteiger partial charge in [0.05, 0.1) is 18.0 Å². The van der Waals surface area contributed by atoms with Crippen molar-refractivity contribution in [2.75, 3.05) is 5.32 Å². The molecule has 0 spiro atoms. The summed E-state index contributed by atoms with van der Waals surface area (Å²) in [6, 6.07) is 2.29. The molecule has 0 unspecified atom stereocenters. The monoisotopic (exact) mass is 317 g/mol. The first-order chi connectivity index (χ1) is 10.3. The number of nitriles is 1. The van der Waals surface area contributed by atoms with Crippen molar-refractivity contribution in [1.82, 2.24) is 15.0 Å². The molecule has 8 heteroatoms. The Morgan fingerprint density at radius 2 is 2.18 bits per heavy atom. The number of aromatic nitrogens is 3. The van der Waals surface area contributed by atoms with Crippen molar-refractivity contribution in [3.05, 3.63) is 11.9 Å². The van der Waals surface area contributed by atoms with Crippen LogP contribution >= 0.6 is 11.3 Å². The van der Waals surface area contributed by atoms with Gasteiger partial charge in [-0.3, -0.25) is 5.32 Å². The quantitative estimate of drug-likeness (QED) is 0.913. The van der Waals surface area contributed by atoms with E-state index in [4.69, 9.17) is 4.74 Å². The Balaban J connectivity index is 1.82. The third-order valence-electron chi connectivity index (χ3n) is 3.19. The number of carbonyl (C=O) groups excluding carboxylic acids is 1. The number of nitrogens with zero attached hydrogens (tertiary/aromatic N) is 4. The molecule has 2 heterocycles. The van der Waals surface area contributed by atoms with Crippen LogP contribution in [-0.4, -0.2) is 26.6 Å². The first-order valence-corrected chi connectivity index (χ1v) is 7.68. The minimum Gasteiger partial charge on any atom is -0.444 e. The fraction of sp³-hybridized carbons (Fsp3) is 0.500. The van der Waals surface area contributed by atoms with Gasteiger partial charge in [0.1, 0.15) is 11.0 Å². The highest BCUT2D eigenvalue weighted by molar-refractivity contribution is 7.21. The van der Waals surface area contributed by atoms with Gasteiger partial charge in [-0.1, -0.05) is 11.3 Å². The summed E-state index contributed by atoms with van der Waals surface area (Å²) < 4.78 is 5.18. The maximum atomic E-state index is 11.7. The molecule has 3 rings (SSSR count). The van der Waals surface area contributed by atoms with Crippen LogP contribution in [0.15, 0.2) is 6.20 Å². The van der Waals surface area contributed by atoms with Crippen LogP contribution < -0.4 is 5.32 Å². The largest absolute Gasteiger partial charge is 0.444 e. The van der Waals surface area contributed by atoms with Crippen LogP contribution in [-0.2, 0) is 10.2 Å². The molecule has 0 aliphatic heterocycles. The van der Waals surface area contributed by atoms with Crippen molar-refractivity contribution in [3.63, 3.8) is 0 Å². The summed E-state index contributed by atoms with van der Waals surface area (Å²) in [6.07, 6.45) is 2.65. The number of amides is 1. The number of hydrogen-bond donors (Lipinski definition) is 1. The summed E-state index contributed by atoms with van der Waals surface area (Å²) in [5.41, 5.74) is 0.0722. The molecule has 114 valence electrons. The van der Waals surface area contributed by atoms with E-state index < -0.39 is 17.1 Å². The Hall–Kier alpha value is -2.27. The second-order valence-corrected chi connectivity index (χ2v) is 7.20. The standard InChI is InChI=1S/C14H15N5O2S/c1-13(2,3)21-12(20)19-11-18-9-10(22-11)17-8(6-16-9)14(7-15)4-5-14/h6H,4-5H2,1-3H3,(H,16,18,19,20). The molecule has 2 aromatic rings. The molecule has 0 bridgehead atoms. The fourth-order valence-electron chi connectivity index (χ4n) is 1.95. The molecular weight excluding hydrogens is 302 g/mol. The minimum atomic E-state index is -0.574. The van der Waals surface area contributed by atoms with Crippen molar-refractivity contribution in [3.8, 4) is 6.07 Å². The summed E-state index contributed by atoms with van der Waals surface area (Å²) in [5.74, 6) is 0. The van der Waals surface area contributed by atoms with Gasteiger partial charge in [0.2, 0.25) is 0 Å². The number of ether oxygens (including phenoxy) is 1. The third-order valence-corrected chi connectivity index (χ3v) is 4.04. The van der Waals surface area contributed by atoms with E-state index in [0.717, 1.165) is 12.8 Å². The van der Waals surface area contributed by atoms with Crippen molar-refractivity contribution in [2.45, 2.75) is 44.6 Å². The van der Waals surface area contributed by atoms with Crippen molar-refractivity contribution in [1.29, 1.82) is 5.26 Å². The van der Waals surface area contributed by atoms with Crippen LogP contribution in [0.1, 0.15) is 39.3 Å². The number of anilines is 1. The Labute approximate surface area is 131 Å². The maximum absolute atomic E-state index is 11.7. The topological polar surface area (TPSA) is 101 Å². The van der Waals surface area contributed by atoms with Crippen molar-refractivity contribution in [2.24, 2.45) is 0 Å². The molecular formula is C14H15N5O2S. The van der Waals surface area contributed by atoms with Crippen LogP contribution in [0, 0.1) is 11.3 Å². The molecule has 1 fully saturated rings. The Morgan fingerprint density at radius 3 is 2.77 bits per heavy atom. The SMILES string of the molecule is CC(C)(C)OC(=O)Nc1nc2ncc(C3(C#N)CC3)nc2s1. The number of thiazole rings is 1. The van der Waals surface area contributed by atoms with Gasteiger partial charge in [-0.2, -0.15) is 10.2 Å². The fourth-order valence-corrected chi connectivity index (χ4v) is 2.73. The second-order valence-electron chi connectivity index (χ2n) is 6.22. The van der Waals surface area contributed by atoms with Gasteiger partial charge >= 0.3 is 6.09 Å². The van der Waals surface area contributed by atoms with Crippen LogP contribution in [0.5, 0.6) is 0 Å². The van der Waals surface area contributed by atoms with Crippen LogP contribution in [0.4, 0.5) is 9.93 Å². The van der Waals surface area contributed by atoms with Gasteiger partial charge in [0, 0.05) is 0 Å². The summed E-state index contributed by atoms with van der Waals surface area (Å²) in [6.45, 7) is 5.37. The van der Waals surface area contributed by atoms with Crippen molar-refractivity contribution >= 4 is 33.0 Å². The third kappa shape index (κ3) is 2.85.